The lowest BCUT2D eigenvalue weighted by Crippen LogP contribution is -1.85. The number of hydrogen-bond donors (Lipinski definition) is 0. The molecule has 1 rings (SSSR count). The average molecular weight is 135 g/mol. The van der Waals surface area contributed by atoms with Gasteiger partial charge >= 0.3 is 0 Å². The zero-order valence-corrected chi connectivity index (χ0v) is 5.18. The predicted octanol–water partition coefficient (Wildman–Crippen LogP) is 1.29. The van der Waals surface area contributed by atoms with Crippen molar-refractivity contribution in [1.29, 1.82) is 0 Å². The van der Waals surface area contributed by atoms with Gasteiger partial charge in [-0.2, -0.15) is 0 Å². The molecule has 50 valence electrons. The molecule has 0 N–H and O–H groups in total. The molecule has 0 amide bonds. The van der Waals surface area contributed by atoms with E-state index in [-0.39, 0.29) is 6.54 Å². The van der Waals surface area contributed by atoms with Crippen molar-refractivity contribution in [3.8, 4) is 0 Å². The molecule has 0 aromatic carbocycles. The second-order valence-corrected chi connectivity index (χ2v) is 1.59. The molecule has 0 fully saturated rings. The van der Waals surface area contributed by atoms with Crippen LogP contribution in [0.1, 0.15) is 5.69 Å². The fourth-order valence-electron chi connectivity index (χ4n) is 0.516. The van der Waals surface area contributed by atoms with Crippen LogP contribution in [0.4, 0.5) is 0 Å². The maximum absolute atomic E-state index is 7.94. The molecule has 0 aliphatic carbocycles. The molecule has 0 saturated heterocycles. The standard InChI is InChI=1S/C5H5N5/c6-10-9-4-5-3-7-1-2-8-5/h1-3H,4H2. The van der Waals surface area contributed by atoms with E-state index in [4.69, 9.17) is 5.53 Å². The van der Waals surface area contributed by atoms with Crippen LogP contribution in [0.2, 0.25) is 0 Å². The van der Waals surface area contributed by atoms with Gasteiger partial charge < -0.3 is 0 Å². The Bertz CT molecular complexity index is 237. The lowest BCUT2D eigenvalue weighted by molar-refractivity contribution is 0.952. The second-order valence-electron chi connectivity index (χ2n) is 1.59. The maximum Gasteiger partial charge on any atom is 0.0699 e. The van der Waals surface area contributed by atoms with E-state index in [1.165, 1.54) is 0 Å². The highest BCUT2D eigenvalue weighted by molar-refractivity contribution is 4.93. The summed E-state index contributed by atoms with van der Waals surface area (Å²) in [5.41, 5.74) is 8.62. The number of azide groups is 1. The summed E-state index contributed by atoms with van der Waals surface area (Å²) in [4.78, 5) is 10.3. The zero-order valence-electron chi connectivity index (χ0n) is 5.18. The first-order valence-electron chi connectivity index (χ1n) is 2.69. The Labute approximate surface area is 57.4 Å². The number of nitrogens with zero attached hydrogens (tertiary/aromatic N) is 5. The molecule has 1 aromatic rings. The molecule has 0 atom stereocenters. The van der Waals surface area contributed by atoms with Crippen molar-refractivity contribution >= 4 is 0 Å². The van der Waals surface area contributed by atoms with Crippen LogP contribution in [-0.2, 0) is 6.54 Å². The lowest BCUT2D eigenvalue weighted by atomic mass is 10.5. The predicted molar refractivity (Wildman–Crippen MR) is 34.9 cm³/mol. The molecule has 0 bridgehead atoms. The van der Waals surface area contributed by atoms with Gasteiger partial charge in [0.1, 0.15) is 0 Å². The summed E-state index contributed by atoms with van der Waals surface area (Å²) in [6, 6.07) is 0. The number of hydrogen-bond acceptors (Lipinski definition) is 3. The first-order chi connectivity index (χ1) is 4.93. The monoisotopic (exact) mass is 135 g/mol. The van der Waals surface area contributed by atoms with Gasteiger partial charge in [-0.15, -0.1) is 0 Å². The van der Waals surface area contributed by atoms with Crippen molar-refractivity contribution < 1.29 is 0 Å². The van der Waals surface area contributed by atoms with Gasteiger partial charge in [-0.3, -0.25) is 9.97 Å². The average Bonchev–Trinajstić information content (AvgIpc) is 2.03. The highest BCUT2D eigenvalue weighted by Crippen LogP contribution is 1.91. The van der Waals surface area contributed by atoms with Crippen LogP contribution < -0.4 is 0 Å². The summed E-state index contributed by atoms with van der Waals surface area (Å²) < 4.78 is 0. The fourth-order valence-corrected chi connectivity index (χ4v) is 0.516. The van der Waals surface area contributed by atoms with Gasteiger partial charge in [-0.25, -0.2) is 0 Å². The molecule has 5 heteroatoms. The second kappa shape index (κ2) is 3.42. The van der Waals surface area contributed by atoms with Crippen LogP contribution in [0.25, 0.3) is 10.4 Å². The number of aromatic nitrogens is 2. The van der Waals surface area contributed by atoms with E-state index in [0.29, 0.717) is 5.69 Å². The summed E-state index contributed by atoms with van der Waals surface area (Å²) in [6.45, 7) is 0.268. The minimum atomic E-state index is 0.268. The highest BCUT2D eigenvalue weighted by Gasteiger charge is 1.86. The Hall–Kier alpha value is -1.61. The van der Waals surface area contributed by atoms with Crippen LogP contribution >= 0.6 is 0 Å². The van der Waals surface area contributed by atoms with E-state index in [0.717, 1.165) is 0 Å². The molecule has 0 saturated carbocycles. The number of rotatable bonds is 2. The molecular weight excluding hydrogens is 130 g/mol. The molecular formula is C5H5N5. The van der Waals surface area contributed by atoms with E-state index in [1.54, 1.807) is 18.6 Å². The van der Waals surface area contributed by atoms with Crippen molar-refractivity contribution in [2.45, 2.75) is 6.54 Å². The van der Waals surface area contributed by atoms with Crippen molar-refractivity contribution in [3.05, 3.63) is 34.7 Å². The van der Waals surface area contributed by atoms with Crippen LogP contribution in [0, 0.1) is 0 Å². The Balaban J connectivity index is 2.67. The minimum absolute atomic E-state index is 0.268. The van der Waals surface area contributed by atoms with Crippen molar-refractivity contribution in [3.63, 3.8) is 0 Å². The van der Waals surface area contributed by atoms with E-state index < -0.39 is 0 Å². The third kappa shape index (κ3) is 1.72. The van der Waals surface area contributed by atoms with E-state index in [2.05, 4.69) is 20.0 Å². The van der Waals surface area contributed by atoms with Crippen LogP contribution in [-0.4, -0.2) is 9.97 Å². The van der Waals surface area contributed by atoms with Gasteiger partial charge in [0.15, 0.2) is 0 Å². The first kappa shape index (κ1) is 6.51. The molecule has 0 radical (unpaired) electrons. The Morgan fingerprint density at radius 1 is 1.60 bits per heavy atom. The van der Waals surface area contributed by atoms with Crippen molar-refractivity contribution in [2.24, 2.45) is 5.11 Å². The smallest absolute Gasteiger partial charge is 0.0699 e. The summed E-state index contributed by atoms with van der Waals surface area (Å²) >= 11 is 0. The Kier molecular flexibility index (Phi) is 2.23. The molecule has 0 spiro atoms. The fraction of sp³-hybridized carbons (Fsp3) is 0.200. The summed E-state index contributed by atoms with van der Waals surface area (Å²) in [5.74, 6) is 0. The lowest BCUT2D eigenvalue weighted by Gasteiger charge is -1.88. The largest absolute Gasteiger partial charge is 0.261 e. The van der Waals surface area contributed by atoms with Gasteiger partial charge in [0.05, 0.1) is 12.2 Å². The van der Waals surface area contributed by atoms with Crippen LogP contribution in [0.3, 0.4) is 0 Å². The maximum atomic E-state index is 7.94. The van der Waals surface area contributed by atoms with Crippen molar-refractivity contribution in [1.82, 2.24) is 9.97 Å². The minimum Gasteiger partial charge on any atom is -0.261 e. The quantitative estimate of drug-likeness (QED) is 0.348. The van der Waals surface area contributed by atoms with Crippen LogP contribution in [0.15, 0.2) is 23.7 Å². The summed E-state index contributed by atoms with van der Waals surface area (Å²) in [6.07, 6.45) is 4.69. The first-order valence-corrected chi connectivity index (χ1v) is 2.69. The molecule has 1 aromatic heterocycles. The molecule has 10 heavy (non-hydrogen) atoms. The highest BCUT2D eigenvalue weighted by atomic mass is 15.1. The van der Waals surface area contributed by atoms with Gasteiger partial charge in [0.25, 0.3) is 0 Å². The Morgan fingerprint density at radius 2 is 2.50 bits per heavy atom. The van der Waals surface area contributed by atoms with Gasteiger partial charge in [0.2, 0.25) is 0 Å². The third-order valence-corrected chi connectivity index (χ3v) is 0.913. The molecule has 0 aliphatic rings. The molecule has 0 unspecified atom stereocenters. The molecule has 5 nitrogen and oxygen atoms in total. The van der Waals surface area contributed by atoms with E-state index >= 15 is 0 Å². The Morgan fingerprint density at radius 3 is 3.10 bits per heavy atom. The van der Waals surface area contributed by atoms with E-state index in [9.17, 15) is 0 Å². The van der Waals surface area contributed by atoms with Gasteiger partial charge in [-0.05, 0) is 5.53 Å². The van der Waals surface area contributed by atoms with Crippen molar-refractivity contribution in [2.75, 3.05) is 0 Å². The van der Waals surface area contributed by atoms with Crippen LogP contribution in [0.5, 0.6) is 0 Å². The zero-order chi connectivity index (χ0) is 7.23. The molecule has 0 aliphatic heterocycles. The topological polar surface area (TPSA) is 74.5 Å². The third-order valence-electron chi connectivity index (χ3n) is 0.913. The summed E-state index contributed by atoms with van der Waals surface area (Å²) in [7, 11) is 0. The SMILES string of the molecule is [N-]=[N+]=NCc1cnccn1. The van der Waals surface area contributed by atoms with Gasteiger partial charge in [0, 0.05) is 23.5 Å². The van der Waals surface area contributed by atoms with Gasteiger partial charge in [-0.1, -0.05) is 5.11 Å². The van der Waals surface area contributed by atoms with E-state index in [1.807, 2.05) is 0 Å². The summed E-state index contributed by atoms with van der Waals surface area (Å²) in [5, 5.41) is 3.32. The molecule has 1 heterocycles. The normalized spacial score (nSPS) is 8.40.